The van der Waals surface area contributed by atoms with Gasteiger partial charge in [-0.05, 0) is 31.4 Å². The highest BCUT2D eigenvalue weighted by Gasteiger charge is 2.23. The standard InChI is InChI=1S/C22H31NSi/c1-19(18-24(3,4)22-13-9-6-10-14-22)15-16-20(2)23-17-21-11-7-5-8-12-21/h5-14,20,23H,1,15-18H2,2-4H3. The van der Waals surface area contributed by atoms with Gasteiger partial charge in [0.25, 0.3) is 0 Å². The Morgan fingerprint density at radius 2 is 1.58 bits per heavy atom. The van der Waals surface area contributed by atoms with Crippen LogP contribution in [0.25, 0.3) is 0 Å². The molecular formula is C22H31NSi. The maximum Gasteiger partial charge on any atom is 0.0845 e. The third kappa shape index (κ3) is 6.10. The molecule has 0 radical (unpaired) electrons. The van der Waals surface area contributed by atoms with Crippen molar-refractivity contribution in [2.24, 2.45) is 0 Å². The van der Waals surface area contributed by atoms with E-state index in [9.17, 15) is 0 Å². The zero-order valence-corrected chi connectivity index (χ0v) is 16.4. The van der Waals surface area contributed by atoms with E-state index in [1.165, 1.54) is 22.4 Å². The van der Waals surface area contributed by atoms with Crippen molar-refractivity contribution in [1.82, 2.24) is 5.32 Å². The molecule has 128 valence electrons. The molecule has 1 N–H and O–H groups in total. The van der Waals surface area contributed by atoms with Crippen LogP contribution >= 0.6 is 0 Å². The Bertz CT molecular complexity index is 619. The first kappa shape index (κ1) is 18.7. The topological polar surface area (TPSA) is 12.0 Å². The van der Waals surface area contributed by atoms with Gasteiger partial charge in [0.05, 0.1) is 8.07 Å². The zero-order chi connectivity index (χ0) is 17.4. The second-order valence-electron chi connectivity index (χ2n) is 7.48. The summed E-state index contributed by atoms with van der Waals surface area (Å²) < 4.78 is 0. The fourth-order valence-electron chi connectivity index (χ4n) is 3.12. The Morgan fingerprint density at radius 1 is 1.00 bits per heavy atom. The third-order valence-corrected chi connectivity index (χ3v) is 7.96. The molecule has 2 heteroatoms. The Morgan fingerprint density at radius 3 is 2.21 bits per heavy atom. The second-order valence-corrected chi connectivity index (χ2v) is 12.2. The molecule has 0 aliphatic rings. The van der Waals surface area contributed by atoms with Gasteiger partial charge in [0.15, 0.2) is 0 Å². The van der Waals surface area contributed by atoms with Gasteiger partial charge in [-0.15, -0.1) is 6.58 Å². The molecule has 0 saturated heterocycles. The van der Waals surface area contributed by atoms with E-state index in [-0.39, 0.29) is 0 Å². The molecule has 24 heavy (non-hydrogen) atoms. The lowest BCUT2D eigenvalue weighted by atomic mass is 10.1. The predicted molar refractivity (Wildman–Crippen MR) is 109 cm³/mol. The monoisotopic (exact) mass is 337 g/mol. The summed E-state index contributed by atoms with van der Waals surface area (Å²) in [4.78, 5) is 0. The zero-order valence-electron chi connectivity index (χ0n) is 15.4. The minimum Gasteiger partial charge on any atom is -0.310 e. The van der Waals surface area contributed by atoms with Crippen LogP contribution in [0.4, 0.5) is 0 Å². The molecule has 0 fully saturated rings. The fraction of sp³-hybridized carbons (Fsp3) is 0.364. The van der Waals surface area contributed by atoms with Crippen molar-refractivity contribution in [1.29, 1.82) is 0 Å². The summed E-state index contributed by atoms with van der Waals surface area (Å²) in [6.45, 7) is 12.5. The second kappa shape index (κ2) is 9.00. The smallest absolute Gasteiger partial charge is 0.0845 e. The first-order chi connectivity index (χ1) is 11.5. The van der Waals surface area contributed by atoms with E-state index in [1.807, 2.05) is 0 Å². The summed E-state index contributed by atoms with van der Waals surface area (Å²) in [5.41, 5.74) is 2.75. The first-order valence-corrected chi connectivity index (χ1v) is 12.2. The Kier molecular flexibility index (Phi) is 7.01. The van der Waals surface area contributed by atoms with Crippen molar-refractivity contribution in [3.63, 3.8) is 0 Å². The molecule has 1 atom stereocenters. The van der Waals surface area contributed by atoms with E-state index in [0.717, 1.165) is 19.4 Å². The first-order valence-electron chi connectivity index (χ1n) is 8.97. The summed E-state index contributed by atoms with van der Waals surface area (Å²) in [6, 6.07) is 23.3. The van der Waals surface area contributed by atoms with Crippen LogP contribution in [0.1, 0.15) is 25.3 Å². The molecular weight excluding hydrogens is 306 g/mol. The Hall–Kier alpha value is -1.64. The summed E-state index contributed by atoms with van der Waals surface area (Å²) in [6.07, 6.45) is 2.27. The van der Waals surface area contributed by atoms with Crippen LogP contribution in [-0.4, -0.2) is 14.1 Å². The highest BCUT2D eigenvalue weighted by atomic mass is 28.3. The van der Waals surface area contributed by atoms with Crippen LogP contribution in [0.15, 0.2) is 72.8 Å². The Labute approximate surface area is 148 Å². The average Bonchev–Trinajstić information content (AvgIpc) is 2.59. The van der Waals surface area contributed by atoms with Gasteiger partial charge in [0.2, 0.25) is 0 Å². The summed E-state index contributed by atoms with van der Waals surface area (Å²) in [5, 5.41) is 5.15. The number of rotatable bonds is 9. The summed E-state index contributed by atoms with van der Waals surface area (Å²) in [5.74, 6) is 0. The molecule has 0 aliphatic carbocycles. The molecule has 0 aromatic heterocycles. The maximum absolute atomic E-state index is 4.36. The van der Waals surface area contributed by atoms with Crippen LogP contribution < -0.4 is 10.5 Å². The Balaban J connectivity index is 1.74. The van der Waals surface area contributed by atoms with Crippen molar-refractivity contribution in [2.75, 3.05) is 0 Å². The number of allylic oxidation sites excluding steroid dienone is 1. The predicted octanol–water partition coefficient (Wildman–Crippen LogP) is 5.12. The van der Waals surface area contributed by atoms with Crippen molar-refractivity contribution in [3.05, 3.63) is 78.4 Å². The maximum atomic E-state index is 4.36. The van der Waals surface area contributed by atoms with Crippen LogP contribution in [0, 0.1) is 0 Å². The van der Waals surface area contributed by atoms with Gasteiger partial charge in [-0.25, -0.2) is 0 Å². The number of hydrogen-bond acceptors (Lipinski definition) is 1. The molecule has 0 spiro atoms. The molecule has 1 unspecified atom stereocenters. The van der Waals surface area contributed by atoms with E-state index >= 15 is 0 Å². The van der Waals surface area contributed by atoms with Gasteiger partial charge in [0, 0.05) is 12.6 Å². The van der Waals surface area contributed by atoms with Crippen LogP contribution in [-0.2, 0) is 6.54 Å². The number of benzene rings is 2. The minimum absolute atomic E-state index is 0.517. The number of hydrogen-bond donors (Lipinski definition) is 1. The SMILES string of the molecule is C=C(CCC(C)NCc1ccccc1)C[Si](C)(C)c1ccccc1. The molecule has 0 amide bonds. The molecule has 0 bridgehead atoms. The van der Waals surface area contributed by atoms with Crippen molar-refractivity contribution < 1.29 is 0 Å². The van der Waals surface area contributed by atoms with E-state index in [2.05, 4.69) is 92.6 Å². The van der Waals surface area contributed by atoms with Crippen molar-refractivity contribution in [3.8, 4) is 0 Å². The highest BCUT2D eigenvalue weighted by Crippen LogP contribution is 2.20. The van der Waals surface area contributed by atoms with Gasteiger partial charge in [0.1, 0.15) is 0 Å². The van der Waals surface area contributed by atoms with Gasteiger partial charge in [-0.2, -0.15) is 0 Å². The molecule has 0 heterocycles. The molecule has 0 saturated carbocycles. The van der Waals surface area contributed by atoms with Crippen LogP contribution in [0.5, 0.6) is 0 Å². The minimum atomic E-state index is -1.41. The van der Waals surface area contributed by atoms with Gasteiger partial charge in [-0.3, -0.25) is 0 Å². The highest BCUT2D eigenvalue weighted by molar-refractivity contribution is 6.90. The lowest BCUT2D eigenvalue weighted by molar-refractivity contribution is 0.513. The van der Waals surface area contributed by atoms with E-state index in [0.29, 0.717) is 6.04 Å². The summed E-state index contributed by atoms with van der Waals surface area (Å²) in [7, 11) is -1.41. The summed E-state index contributed by atoms with van der Waals surface area (Å²) >= 11 is 0. The van der Waals surface area contributed by atoms with Gasteiger partial charge in [-0.1, -0.05) is 84.5 Å². The normalized spacial score (nSPS) is 12.8. The average molecular weight is 338 g/mol. The van der Waals surface area contributed by atoms with Crippen LogP contribution in [0.2, 0.25) is 19.1 Å². The molecule has 2 aromatic rings. The number of nitrogens with one attached hydrogen (secondary N) is 1. The van der Waals surface area contributed by atoms with E-state index < -0.39 is 8.07 Å². The van der Waals surface area contributed by atoms with Crippen molar-refractivity contribution in [2.45, 2.75) is 51.5 Å². The molecule has 2 rings (SSSR count). The lowest BCUT2D eigenvalue weighted by Gasteiger charge is -2.25. The molecule has 1 nitrogen and oxygen atoms in total. The quantitative estimate of drug-likeness (QED) is 0.495. The third-order valence-electron chi connectivity index (χ3n) is 4.68. The van der Waals surface area contributed by atoms with Gasteiger partial charge >= 0.3 is 0 Å². The van der Waals surface area contributed by atoms with Crippen molar-refractivity contribution >= 4 is 13.3 Å². The van der Waals surface area contributed by atoms with E-state index in [1.54, 1.807) is 0 Å². The van der Waals surface area contributed by atoms with E-state index in [4.69, 9.17) is 0 Å². The lowest BCUT2D eigenvalue weighted by Crippen LogP contribution is -2.41. The fourth-order valence-corrected chi connectivity index (χ4v) is 5.84. The molecule has 2 aromatic carbocycles. The van der Waals surface area contributed by atoms with Crippen LogP contribution in [0.3, 0.4) is 0 Å². The molecule has 0 aliphatic heterocycles. The largest absolute Gasteiger partial charge is 0.310 e. The van der Waals surface area contributed by atoms with Gasteiger partial charge < -0.3 is 5.32 Å².